The topological polar surface area (TPSA) is 18.8 Å². The van der Waals surface area contributed by atoms with Crippen molar-refractivity contribution in [3.63, 3.8) is 0 Å². The predicted molar refractivity (Wildman–Crippen MR) is 78.2 cm³/mol. The smallest absolute Gasteiger partial charge is 0.196 e. The molecule has 4 fully saturated rings. The molecule has 0 radical (unpaired) electrons. The molecule has 0 aromatic carbocycles. The highest BCUT2D eigenvalue weighted by Gasteiger charge is 2.43. The molecule has 4 atom stereocenters. The lowest BCUT2D eigenvalue weighted by molar-refractivity contribution is 0.304. The van der Waals surface area contributed by atoms with Crippen LogP contribution in [0.25, 0.3) is 0 Å². The first-order valence-electron chi connectivity index (χ1n) is 8.35. The summed E-state index contributed by atoms with van der Waals surface area (Å²) in [6, 6.07) is 0.819. The largest absolute Gasteiger partial charge is 0.342 e. The molecule has 3 heteroatoms. The van der Waals surface area contributed by atoms with E-state index in [0.717, 1.165) is 23.8 Å². The number of rotatable bonds is 0. The van der Waals surface area contributed by atoms with Crippen LogP contribution in [-0.2, 0) is 0 Å². The molecule has 0 aromatic rings. The van der Waals surface area contributed by atoms with E-state index in [1.54, 1.807) is 0 Å². The van der Waals surface area contributed by atoms with Gasteiger partial charge in [-0.15, -0.1) is 0 Å². The van der Waals surface area contributed by atoms with Crippen LogP contribution in [0.5, 0.6) is 0 Å². The van der Waals surface area contributed by atoms with Gasteiger partial charge in [-0.25, -0.2) is 0 Å². The molecule has 0 N–H and O–H groups in total. The monoisotopic (exact) mass is 261 g/mol. The number of likely N-dealkylation sites (tertiary alicyclic amines) is 2. The van der Waals surface area contributed by atoms with Gasteiger partial charge >= 0.3 is 0 Å². The SMILES string of the molecule is CN=C(N1CC2CCCC2C1)N1CCC2CCCC21. The minimum Gasteiger partial charge on any atom is -0.342 e. The molecule has 4 unspecified atom stereocenters. The molecule has 2 saturated carbocycles. The van der Waals surface area contributed by atoms with E-state index < -0.39 is 0 Å². The quantitative estimate of drug-likeness (QED) is 0.493. The fourth-order valence-corrected chi connectivity index (χ4v) is 5.33. The van der Waals surface area contributed by atoms with Crippen molar-refractivity contribution >= 4 is 5.96 Å². The van der Waals surface area contributed by atoms with E-state index in [-0.39, 0.29) is 0 Å². The van der Waals surface area contributed by atoms with Gasteiger partial charge in [-0.2, -0.15) is 0 Å². The molecule has 106 valence electrons. The Balaban J connectivity index is 1.49. The molecule has 2 aliphatic carbocycles. The van der Waals surface area contributed by atoms with Crippen LogP contribution in [0.4, 0.5) is 0 Å². The van der Waals surface area contributed by atoms with Gasteiger partial charge in [0.05, 0.1) is 0 Å². The molecule has 2 saturated heterocycles. The maximum Gasteiger partial charge on any atom is 0.196 e. The molecule has 4 rings (SSSR count). The van der Waals surface area contributed by atoms with Gasteiger partial charge in [0.1, 0.15) is 0 Å². The van der Waals surface area contributed by atoms with E-state index in [2.05, 4.69) is 9.80 Å². The number of fused-ring (bicyclic) bond motifs is 2. The standard InChI is InChI=1S/C16H27N3/c1-17-16(18-10-13-5-2-6-14(13)11-18)19-9-8-12-4-3-7-15(12)19/h12-15H,2-11H2,1H3. The van der Waals surface area contributed by atoms with Crippen LogP contribution in [0, 0.1) is 17.8 Å². The van der Waals surface area contributed by atoms with Crippen LogP contribution in [0.15, 0.2) is 4.99 Å². The summed E-state index contributed by atoms with van der Waals surface area (Å²) in [7, 11) is 2.01. The van der Waals surface area contributed by atoms with Crippen molar-refractivity contribution in [2.45, 2.75) is 51.0 Å². The zero-order valence-corrected chi connectivity index (χ0v) is 12.2. The molecule has 0 aromatic heterocycles. The lowest BCUT2D eigenvalue weighted by atomic mass is 10.0. The van der Waals surface area contributed by atoms with E-state index in [1.807, 2.05) is 7.05 Å². The van der Waals surface area contributed by atoms with Crippen molar-refractivity contribution in [2.24, 2.45) is 22.7 Å². The zero-order valence-electron chi connectivity index (χ0n) is 12.2. The summed E-state index contributed by atoms with van der Waals surface area (Å²) < 4.78 is 0. The van der Waals surface area contributed by atoms with Crippen molar-refractivity contribution < 1.29 is 0 Å². The van der Waals surface area contributed by atoms with Crippen LogP contribution in [0.1, 0.15) is 44.9 Å². The third-order valence-electron chi connectivity index (χ3n) is 6.23. The Morgan fingerprint density at radius 1 is 0.895 bits per heavy atom. The van der Waals surface area contributed by atoms with E-state index in [9.17, 15) is 0 Å². The maximum absolute atomic E-state index is 4.71. The lowest BCUT2D eigenvalue weighted by Crippen LogP contribution is -2.46. The van der Waals surface area contributed by atoms with Gasteiger partial charge in [-0.3, -0.25) is 4.99 Å². The summed E-state index contributed by atoms with van der Waals surface area (Å²) in [5.41, 5.74) is 0. The molecule has 2 heterocycles. The molecule has 0 amide bonds. The van der Waals surface area contributed by atoms with Crippen LogP contribution in [0.3, 0.4) is 0 Å². The Morgan fingerprint density at radius 2 is 1.58 bits per heavy atom. The van der Waals surface area contributed by atoms with Crippen molar-refractivity contribution in [3.05, 3.63) is 0 Å². The van der Waals surface area contributed by atoms with Crippen molar-refractivity contribution in [1.82, 2.24) is 9.80 Å². The summed E-state index contributed by atoms with van der Waals surface area (Å²) >= 11 is 0. The Kier molecular flexibility index (Phi) is 2.96. The van der Waals surface area contributed by atoms with Crippen molar-refractivity contribution in [1.29, 1.82) is 0 Å². The fraction of sp³-hybridized carbons (Fsp3) is 0.938. The van der Waals surface area contributed by atoms with Gasteiger partial charge in [0, 0.05) is 32.7 Å². The second-order valence-corrected chi connectivity index (χ2v) is 7.12. The number of hydrogen-bond acceptors (Lipinski definition) is 1. The number of aliphatic imine (C=N–C) groups is 1. The van der Waals surface area contributed by atoms with E-state index in [1.165, 1.54) is 70.5 Å². The van der Waals surface area contributed by atoms with Crippen molar-refractivity contribution in [3.8, 4) is 0 Å². The van der Waals surface area contributed by atoms with Crippen LogP contribution in [-0.4, -0.2) is 48.5 Å². The summed E-state index contributed by atoms with van der Waals surface area (Å²) in [6.07, 6.45) is 10.1. The first-order valence-corrected chi connectivity index (χ1v) is 8.35. The predicted octanol–water partition coefficient (Wildman–Crippen LogP) is 2.58. The molecule has 4 aliphatic rings. The maximum atomic E-state index is 4.71. The van der Waals surface area contributed by atoms with Crippen LogP contribution < -0.4 is 0 Å². The highest BCUT2D eigenvalue weighted by atomic mass is 15.4. The molecular formula is C16H27N3. The third-order valence-corrected chi connectivity index (χ3v) is 6.23. The third kappa shape index (κ3) is 1.88. The Morgan fingerprint density at radius 3 is 2.32 bits per heavy atom. The molecular weight excluding hydrogens is 234 g/mol. The average Bonchev–Trinajstić information content (AvgIpc) is 3.08. The molecule has 0 bridgehead atoms. The first kappa shape index (κ1) is 12.0. The molecule has 3 nitrogen and oxygen atoms in total. The van der Waals surface area contributed by atoms with E-state index >= 15 is 0 Å². The summed E-state index contributed by atoms with van der Waals surface area (Å²) in [5.74, 6) is 4.25. The van der Waals surface area contributed by atoms with E-state index in [0.29, 0.717) is 0 Å². The number of hydrogen-bond donors (Lipinski definition) is 0. The number of guanidine groups is 1. The van der Waals surface area contributed by atoms with Crippen molar-refractivity contribution in [2.75, 3.05) is 26.7 Å². The van der Waals surface area contributed by atoms with Gasteiger partial charge in [0.2, 0.25) is 0 Å². The molecule has 19 heavy (non-hydrogen) atoms. The first-order chi connectivity index (χ1) is 9.36. The normalized spacial score (nSPS) is 42.1. The Labute approximate surface area is 117 Å². The Bertz CT molecular complexity index is 366. The van der Waals surface area contributed by atoms with Crippen LogP contribution in [0.2, 0.25) is 0 Å². The van der Waals surface area contributed by atoms with Gasteiger partial charge in [0.25, 0.3) is 0 Å². The second-order valence-electron chi connectivity index (χ2n) is 7.12. The second kappa shape index (κ2) is 4.68. The summed E-state index contributed by atoms with van der Waals surface area (Å²) in [6.45, 7) is 3.82. The van der Waals surface area contributed by atoms with E-state index in [4.69, 9.17) is 4.99 Å². The highest BCUT2D eigenvalue weighted by Crippen LogP contribution is 2.41. The molecule has 0 spiro atoms. The summed E-state index contributed by atoms with van der Waals surface area (Å²) in [5, 5.41) is 0. The molecule has 2 aliphatic heterocycles. The fourth-order valence-electron chi connectivity index (χ4n) is 5.33. The lowest BCUT2D eigenvalue weighted by Gasteiger charge is -2.33. The van der Waals surface area contributed by atoms with Gasteiger partial charge in [0.15, 0.2) is 5.96 Å². The number of nitrogens with zero attached hydrogens (tertiary/aromatic N) is 3. The van der Waals surface area contributed by atoms with Gasteiger partial charge in [-0.1, -0.05) is 12.8 Å². The van der Waals surface area contributed by atoms with Crippen LogP contribution >= 0.6 is 0 Å². The van der Waals surface area contributed by atoms with Gasteiger partial charge < -0.3 is 9.80 Å². The zero-order chi connectivity index (χ0) is 12.8. The van der Waals surface area contributed by atoms with Gasteiger partial charge in [-0.05, 0) is 49.9 Å². The Hall–Kier alpha value is -0.730. The average molecular weight is 261 g/mol. The minimum absolute atomic E-state index is 0.819. The highest BCUT2D eigenvalue weighted by molar-refractivity contribution is 5.81. The summed E-state index contributed by atoms with van der Waals surface area (Å²) in [4.78, 5) is 9.99. The minimum atomic E-state index is 0.819.